The van der Waals surface area contributed by atoms with Gasteiger partial charge in [-0.25, -0.2) is 13.2 Å². The minimum absolute atomic E-state index is 0.113. The van der Waals surface area contributed by atoms with Crippen LogP contribution in [0.4, 0.5) is 18.9 Å². The molecular formula is C26H30ClF3N2O5S. The van der Waals surface area contributed by atoms with Crippen LogP contribution in [0.25, 0.3) is 0 Å². The standard InChI is InChI=1S/C24H29ClN2O3S.C2HF3O2/c1-17-8-13-21(16-22(17)25)31(29,30)27-20-11-9-18(10-12-20)24(14-15-24)23(28)26-19-6-4-2-3-5-7-19;3-2(4,5)1(6)7/h8-13,16,19,27H,2-7,14-15H2,1H3,(H,26,28);(H,6,7). The molecule has 0 unspecified atom stereocenters. The fourth-order valence-corrected chi connectivity index (χ4v) is 5.66. The molecule has 1 amide bonds. The highest BCUT2D eigenvalue weighted by Gasteiger charge is 2.51. The largest absolute Gasteiger partial charge is 0.490 e. The number of carboxylic acids is 1. The van der Waals surface area contributed by atoms with E-state index < -0.39 is 27.6 Å². The Labute approximate surface area is 224 Å². The number of rotatable bonds is 6. The molecule has 2 aliphatic rings. The average Bonchev–Trinajstić information content (AvgIpc) is 3.67. The van der Waals surface area contributed by atoms with Gasteiger partial charge in [-0.15, -0.1) is 0 Å². The molecule has 7 nitrogen and oxygen atoms in total. The zero-order chi connectivity index (χ0) is 28.1. The van der Waals surface area contributed by atoms with E-state index in [1.807, 2.05) is 19.1 Å². The maximum Gasteiger partial charge on any atom is 0.490 e. The van der Waals surface area contributed by atoms with Gasteiger partial charge >= 0.3 is 12.1 Å². The third-order valence-electron chi connectivity index (χ3n) is 6.76. The van der Waals surface area contributed by atoms with Gasteiger partial charge in [-0.2, -0.15) is 13.2 Å². The van der Waals surface area contributed by atoms with E-state index in [1.54, 1.807) is 18.2 Å². The van der Waals surface area contributed by atoms with Gasteiger partial charge in [0.25, 0.3) is 10.0 Å². The number of hydrogen-bond donors (Lipinski definition) is 3. The van der Waals surface area contributed by atoms with Crippen LogP contribution in [0, 0.1) is 6.92 Å². The van der Waals surface area contributed by atoms with Crippen molar-refractivity contribution in [2.45, 2.75) is 80.8 Å². The predicted molar refractivity (Wildman–Crippen MR) is 138 cm³/mol. The lowest BCUT2D eigenvalue weighted by atomic mass is 9.94. The average molecular weight is 575 g/mol. The summed E-state index contributed by atoms with van der Waals surface area (Å²) in [6.45, 7) is 1.82. The molecule has 0 atom stereocenters. The van der Waals surface area contributed by atoms with E-state index in [4.69, 9.17) is 21.5 Å². The van der Waals surface area contributed by atoms with Crippen molar-refractivity contribution in [1.82, 2.24) is 5.32 Å². The monoisotopic (exact) mass is 574 g/mol. The summed E-state index contributed by atoms with van der Waals surface area (Å²) in [6, 6.07) is 12.1. The highest BCUT2D eigenvalue weighted by molar-refractivity contribution is 7.92. The van der Waals surface area contributed by atoms with E-state index in [-0.39, 0.29) is 16.8 Å². The van der Waals surface area contributed by atoms with E-state index in [0.717, 1.165) is 36.8 Å². The number of amides is 1. The van der Waals surface area contributed by atoms with Crippen LogP contribution in [0.15, 0.2) is 47.4 Å². The molecule has 2 saturated carbocycles. The van der Waals surface area contributed by atoms with Crippen LogP contribution in [0.3, 0.4) is 0 Å². The summed E-state index contributed by atoms with van der Waals surface area (Å²) >= 11 is 6.08. The molecule has 0 bridgehead atoms. The van der Waals surface area contributed by atoms with Gasteiger partial charge in [0.2, 0.25) is 5.91 Å². The van der Waals surface area contributed by atoms with Gasteiger partial charge in [0.05, 0.1) is 10.3 Å². The zero-order valence-corrected chi connectivity index (χ0v) is 22.3. The number of carboxylic acid groups (broad SMARTS) is 1. The Bertz CT molecular complexity index is 1250. The van der Waals surface area contributed by atoms with Gasteiger partial charge in [0.1, 0.15) is 0 Å². The maximum atomic E-state index is 13.0. The first-order chi connectivity index (χ1) is 17.7. The van der Waals surface area contributed by atoms with Crippen molar-refractivity contribution in [2.24, 2.45) is 0 Å². The minimum Gasteiger partial charge on any atom is -0.475 e. The van der Waals surface area contributed by atoms with E-state index in [9.17, 15) is 26.4 Å². The second-order valence-corrected chi connectivity index (χ2v) is 11.7. The molecule has 38 heavy (non-hydrogen) atoms. The Morgan fingerprint density at radius 3 is 2.03 bits per heavy atom. The third-order valence-corrected chi connectivity index (χ3v) is 8.55. The SMILES string of the molecule is Cc1ccc(S(=O)(=O)Nc2ccc(C3(C(=O)NC4CCCCCC4)CC3)cc2)cc1Cl.O=C(O)C(F)(F)F. The summed E-state index contributed by atoms with van der Waals surface area (Å²) in [5.41, 5.74) is 1.76. The van der Waals surface area contributed by atoms with Crippen LogP contribution >= 0.6 is 11.6 Å². The summed E-state index contributed by atoms with van der Waals surface area (Å²) in [5.74, 6) is -2.64. The number of carbonyl (C=O) groups is 2. The molecule has 2 aromatic rings. The maximum absolute atomic E-state index is 13.0. The first-order valence-electron chi connectivity index (χ1n) is 12.3. The lowest BCUT2D eigenvalue weighted by Gasteiger charge is -2.22. The molecule has 4 rings (SSSR count). The Hall–Kier alpha value is -2.79. The quantitative estimate of drug-likeness (QED) is 0.369. The van der Waals surface area contributed by atoms with Crippen molar-refractivity contribution >= 4 is 39.2 Å². The van der Waals surface area contributed by atoms with Gasteiger partial charge in [-0.3, -0.25) is 9.52 Å². The summed E-state index contributed by atoms with van der Waals surface area (Å²) in [5, 5.41) is 10.8. The fourth-order valence-electron chi connectivity index (χ4n) is 4.33. The van der Waals surface area contributed by atoms with Gasteiger partial charge < -0.3 is 10.4 Å². The van der Waals surface area contributed by atoms with Crippen LogP contribution in [0.2, 0.25) is 5.02 Å². The Balaban J connectivity index is 0.000000505. The highest BCUT2D eigenvalue weighted by Crippen LogP contribution is 2.49. The molecular weight excluding hydrogens is 545 g/mol. The van der Waals surface area contributed by atoms with Crippen LogP contribution in [-0.2, 0) is 25.0 Å². The Morgan fingerprint density at radius 1 is 1.00 bits per heavy atom. The molecule has 2 aliphatic carbocycles. The fraction of sp³-hybridized carbons (Fsp3) is 0.462. The van der Waals surface area contributed by atoms with Gasteiger partial charge in [-0.1, -0.05) is 55.5 Å². The van der Waals surface area contributed by atoms with Crippen LogP contribution in [-0.4, -0.2) is 37.6 Å². The van der Waals surface area contributed by atoms with E-state index >= 15 is 0 Å². The van der Waals surface area contributed by atoms with Crippen molar-refractivity contribution in [1.29, 1.82) is 0 Å². The third kappa shape index (κ3) is 7.63. The molecule has 12 heteroatoms. The molecule has 0 saturated heterocycles. The molecule has 2 aromatic carbocycles. The van der Waals surface area contributed by atoms with Crippen LogP contribution < -0.4 is 10.0 Å². The summed E-state index contributed by atoms with van der Waals surface area (Å²) < 4.78 is 59.7. The van der Waals surface area contributed by atoms with Gasteiger partial charge in [-0.05, 0) is 68.0 Å². The van der Waals surface area contributed by atoms with Crippen molar-refractivity contribution < 1.29 is 36.3 Å². The highest BCUT2D eigenvalue weighted by atomic mass is 35.5. The molecule has 0 aliphatic heterocycles. The molecule has 2 fully saturated rings. The lowest BCUT2D eigenvalue weighted by Crippen LogP contribution is -2.41. The number of carbonyl (C=O) groups excluding carboxylic acids is 1. The number of hydrogen-bond acceptors (Lipinski definition) is 4. The Morgan fingerprint density at radius 2 is 1.55 bits per heavy atom. The second-order valence-electron chi connectivity index (χ2n) is 9.64. The normalized spacial score (nSPS) is 17.4. The number of benzene rings is 2. The van der Waals surface area contributed by atoms with Gasteiger partial charge in [0, 0.05) is 16.8 Å². The van der Waals surface area contributed by atoms with E-state index in [1.165, 1.54) is 37.8 Å². The summed E-state index contributed by atoms with van der Waals surface area (Å²) in [6.07, 6.45) is 3.57. The first-order valence-corrected chi connectivity index (χ1v) is 14.1. The first kappa shape index (κ1) is 29.8. The summed E-state index contributed by atoms with van der Waals surface area (Å²) in [4.78, 5) is 22.0. The molecule has 0 heterocycles. The number of halogens is 4. The lowest BCUT2D eigenvalue weighted by molar-refractivity contribution is -0.192. The van der Waals surface area contributed by atoms with Gasteiger partial charge in [0.15, 0.2) is 0 Å². The molecule has 3 N–H and O–H groups in total. The van der Waals surface area contributed by atoms with Crippen molar-refractivity contribution in [3.05, 3.63) is 58.6 Å². The topological polar surface area (TPSA) is 113 Å². The smallest absolute Gasteiger partial charge is 0.475 e. The van der Waals surface area contributed by atoms with E-state index in [0.29, 0.717) is 10.7 Å². The van der Waals surface area contributed by atoms with E-state index in [2.05, 4.69) is 10.0 Å². The number of nitrogens with one attached hydrogen (secondary N) is 2. The van der Waals surface area contributed by atoms with Crippen molar-refractivity contribution in [3.8, 4) is 0 Å². The molecule has 0 radical (unpaired) electrons. The minimum atomic E-state index is -5.08. The number of anilines is 1. The molecule has 0 aromatic heterocycles. The van der Waals surface area contributed by atoms with Crippen molar-refractivity contribution in [3.63, 3.8) is 0 Å². The number of alkyl halides is 3. The zero-order valence-electron chi connectivity index (χ0n) is 20.8. The second kappa shape index (κ2) is 11.9. The molecule has 208 valence electrons. The number of aryl methyl sites for hydroxylation is 1. The molecule has 0 spiro atoms. The summed E-state index contributed by atoms with van der Waals surface area (Å²) in [7, 11) is -3.74. The Kier molecular flexibility index (Phi) is 9.35. The predicted octanol–water partition coefficient (Wildman–Crippen LogP) is 5.95. The van der Waals surface area contributed by atoms with Crippen molar-refractivity contribution in [2.75, 3.05) is 4.72 Å². The van der Waals surface area contributed by atoms with Crippen LogP contribution in [0.1, 0.15) is 62.5 Å². The van der Waals surface area contributed by atoms with Crippen LogP contribution in [0.5, 0.6) is 0 Å². The number of sulfonamides is 1. The number of aliphatic carboxylic acids is 1.